The van der Waals surface area contributed by atoms with Crippen LogP contribution in [-0.2, 0) is 9.53 Å². The van der Waals surface area contributed by atoms with Crippen molar-refractivity contribution in [2.75, 3.05) is 6.73 Å². The minimum atomic E-state index is -0.440. The molecule has 9 heavy (non-hydrogen) atoms. The third-order valence-corrected chi connectivity index (χ3v) is 0.609. The third kappa shape index (κ3) is 4.61. The van der Waals surface area contributed by atoms with Crippen LogP contribution < -0.4 is 5.32 Å². The van der Waals surface area contributed by atoms with Crippen molar-refractivity contribution in [3.8, 4) is 0 Å². The fraction of sp³-hybridized carbons (Fsp3) is 0.167. The minimum absolute atomic E-state index is 0.147. The monoisotopic (exact) mass is 127 g/mol. The largest absolute Gasteiger partial charge is 0.441 e. The molecule has 50 valence electrons. The predicted molar refractivity (Wildman–Crippen MR) is 34.5 cm³/mol. The summed E-state index contributed by atoms with van der Waals surface area (Å²) in [7, 11) is 0. The molecule has 0 spiro atoms. The van der Waals surface area contributed by atoms with Crippen LogP contribution in [0.5, 0.6) is 0 Å². The fourth-order valence-electron chi connectivity index (χ4n) is 0.231. The van der Waals surface area contributed by atoms with Gasteiger partial charge in [-0.15, -0.1) is 0 Å². The first-order valence-electron chi connectivity index (χ1n) is 2.44. The van der Waals surface area contributed by atoms with Gasteiger partial charge in [0, 0.05) is 6.08 Å². The van der Waals surface area contributed by atoms with Crippen molar-refractivity contribution in [2.24, 2.45) is 0 Å². The summed E-state index contributed by atoms with van der Waals surface area (Å²) in [6.45, 7) is 6.71. The van der Waals surface area contributed by atoms with Gasteiger partial charge in [-0.2, -0.15) is 0 Å². The number of rotatable bonds is 4. The van der Waals surface area contributed by atoms with Crippen LogP contribution in [0.4, 0.5) is 0 Å². The zero-order chi connectivity index (χ0) is 7.11. The zero-order valence-electron chi connectivity index (χ0n) is 5.09. The molecule has 3 nitrogen and oxygen atoms in total. The van der Waals surface area contributed by atoms with Crippen LogP contribution in [0, 0.1) is 0 Å². The summed E-state index contributed by atoms with van der Waals surface area (Å²) in [5.74, 6) is -0.440. The molecule has 3 heteroatoms. The van der Waals surface area contributed by atoms with E-state index in [0.29, 0.717) is 0 Å². The van der Waals surface area contributed by atoms with Crippen molar-refractivity contribution in [1.29, 1.82) is 0 Å². The van der Waals surface area contributed by atoms with E-state index in [1.165, 1.54) is 6.20 Å². The molecule has 0 saturated carbocycles. The molecule has 0 rings (SSSR count). The van der Waals surface area contributed by atoms with E-state index in [2.05, 4.69) is 23.2 Å². The first-order chi connectivity index (χ1) is 4.31. The summed E-state index contributed by atoms with van der Waals surface area (Å²) < 4.78 is 4.49. The van der Waals surface area contributed by atoms with Crippen LogP contribution in [0.3, 0.4) is 0 Å². The third-order valence-electron chi connectivity index (χ3n) is 0.609. The first kappa shape index (κ1) is 7.75. The second-order valence-electron chi connectivity index (χ2n) is 1.22. The predicted octanol–water partition coefficient (Wildman–Crippen LogP) is 0.406. The van der Waals surface area contributed by atoms with E-state index in [4.69, 9.17) is 0 Å². The van der Waals surface area contributed by atoms with Gasteiger partial charge in [0.15, 0.2) is 6.73 Å². The summed E-state index contributed by atoms with van der Waals surface area (Å²) in [4.78, 5) is 10.3. The van der Waals surface area contributed by atoms with Crippen LogP contribution in [0.15, 0.2) is 25.4 Å². The average Bonchev–Trinajstić information content (AvgIpc) is 1.89. The molecule has 0 aromatic rings. The van der Waals surface area contributed by atoms with Crippen LogP contribution in [-0.4, -0.2) is 12.7 Å². The van der Waals surface area contributed by atoms with Crippen molar-refractivity contribution in [1.82, 2.24) is 5.32 Å². The normalized spacial score (nSPS) is 7.56. The Labute approximate surface area is 54.0 Å². The van der Waals surface area contributed by atoms with Crippen molar-refractivity contribution in [2.45, 2.75) is 0 Å². The Balaban J connectivity index is 3.16. The zero-order valence-corrected chi connectivity index (χ0v) is 5.09. The van der Waals surface area contributed by atoms with E-state index in [9.17, 15) is 4.79 Å². The quantitative estimate of drug-likeness (QED) is 0.257. The molecule has 0 saturated heterocycles. The first-order valence-corrected chi connectivity index (χ1v) is 2.44. The van der Waals surface area contributed by atoms with Gasteiger partial charge < -0.3 is 10.1 Å². The summed E-state index contributed by atoms with van der Waals surface area (Å²) in [6.07, 6.45) is 2.54. The lowest BCUT2D eigenvalue weighted by Crippen LogP contribution is -2.13. The maximum atomic E-state index is 10.3. The molecule has 0 aliphatic carbocycles. The lowest BCUT2D eigenvalue weighted by molar-refractivity contribution is -0.138. The molecule has 0 atom stereocenters. The minimum Gasteiger partial charge on any atom is -0.441 e. The Morgan fingerprint density at radius 3 is 2.78 bits per heavy atom. The number of esters is 1. The van der Waals surface area contributed by atoms with E-state index in [0.717, 1.165) is 6.08 Å². The molecule has 0 aliphatic heterocycles. The molecular formula is C6H9NO2. The van der Waals surface area contributed by atoms with Crippen LogP contribution in [0.1, 0.15) is 0 Å². The van der Waals surface area contributed by atoms with Crippen LogP contribution in [0.2, 0.25) is 0 Å². The molecule has 0 amide bonds. The van der Waals surface area contributed by atoms with E-state index >= 15 is 0 Å². The SMILES string of the molecule is C=CNCOC(=O)C=C. The summed E-state index contributed by atoms with van der Waals surface area (Å²) in [6, 6.07) is 0. The van der Waals surface area contributed by atoms with Gasteiger partial charge in [0.2, 0.25) is 0 Å². The highest BCUT2D eigenvalue weighted by Crippen LogP contribution is 1.74. The molecular weight excluding hydrogens is 118 g/mol. The molecule has 0 aliphatic rings. The topological polar surface area (TPSA) is 38.3 Å². The van der Waals surface area contributed by atoms with E-state index in [1.54, 1.807) is 0 Å². The maximum absolute atomic E-state index is 10.3. The summed E-state index contributed by atoms with van der Waals surface area (Å²) in [5, 5.41) is 2.59. The van der Waals surface area contributed by atoms with Crippen molar-refractivity contribution < 1.29 is 9.53 Å². The lowest BCUT2D eigenvalue weighted by Gasteiger charge is -1.98. The van der Waals surface area contributed by atoms with Crippen molar-refractivity contribution >= 4 is 5.97 Å². The van der Waals surface area contributed by atoms with Gasteiger partial charge in [-0.1, -0.05) is 13.2 Å². The Hall–Kier alpha value is -1.25. The van der Waals surface area contributed by atoms with E-state index in [-0.39, 0.29) is 6.73 Å². The van der Waals surface area contributed by atoms with Crippen LogP contribution in [0.25, 0.3) is 0 Å². The highest BCUT2D eigenvalue weighted by atomic mass is 16.5. The van der Waals surface area contributed by atoms with E-state index in [1.807, 2.05) is 0 Å². The lowest BCUT2D eigenvalue weighted by atomic mass is 10.7. The molecule has 0 heterocycles. The van der Waals surface area contributed by atoms with Gasteiger partial charge in [0.05, 0.1) is 0 Å². The molecule has 0 aromatic heterocycles. The average molecular weight is 127 g/mol. The fourth-order valence-corrected chi connectivity index (χ4v) is 0.231. The van der Waals surface area contributed by atoms with Gasteiger partial charge in [0.1, 0.15) is 0 Å². The van der Waals surface area contributed by atoms with Gasteiger partial charge >= 0.3 is 5.97 Å². The summed E-state index contributed by atoms with van der Waals surface area (Å²) in [5.41, 5.74) is 0. The van der Waals surface area contributed by atoms with Gasteiger partial charge in [0.25, 0.3) is 0 Å². The molecule has 0 aromatic carbocycles. The molecule has 0 radical (unpaired) electrons. The van der Waals surface area contributed by atoms with Gasteiger partial charge in [-0.05, 0) is 6.20 Å². The van der Waals surface area contributed by atoms with Crippen molar-refractivity contribution in [3.05, 3.63) is 25.4 Å². The molecule has 0 fully saturated rings. The van der Waals surface area contributed by atoms with Crippen LogP contribution >= 0.6 is 0 Å². The second-order valence-corrected chi connectivity index (χ2v) is 1.22. The highest BCUT2D eigenvalue weighted by molar-refractivity contribution is 5.81. The number of ether oxygens (including phenoxy) is 1. The highest BCUT2D eigenvalue weighted by Gasteiger charge is 1.89. The van der Waals surface area contributed by atoms with Crippen molar-refractivity contribution in [3.63, 3.8) is 0 Å². The Morgan fingerprint density at radius 1 is 1.67 bits per heavy atom. The molecule has 1 N–H and O–H groups in total. The number of hydrogen-bond acceptors (Lipinski definition) is 3. The Bertz CT molecular complexity index is 120. The number of carbonyl (C=O) groups is 1. The Kier molecular flexibility index (Phi) is 4.22. The van der Waals surface area contributed by atoms with Gasteiger partial charge in [-0.25, -0.2) is 4.79 Å². The Morgan fingerprint density at radius 2 is 2.33 bits per heavy atom. The number of hydrogen-bond donors (Lipinski definition) is 1. The second kappa shape index (κ2) is 4.90. The standard InChI is InChI=1S/C6H9NO2/c1-3-6(8)9-5-7-4-2/h3-4,7H,1-2,5H2. The molecule has 0 unspecified atom stereocenters. The number of carbonyl (C=O) groups excluding carboxylic acids is 1. The van der Waals surface area contributed by atoms with Gasteiger partial charge in [-0.3, -0.25) is 0 Å². The number of nitrogens with one attached hydrogen (secondary N) is 1. The van der Waals surface area contributed by atoms with E-state index < -0.39 is 5.97 Å². The summed E-state index contributed by atoms with van der Waals surface area (Å²) >= 11 is 0. The molecule has 0 bridgehead atoms. The maximum Gasteiger partial charge on any atom is 0.331 e. The smallest absolute Gasteiger partial charge is 0.331 e.